The van der Waals surface area contributed by atoms with Crippen molar-refractivity contribution in [3.8, 4) is 0 Å². The lowest BCUT2D eigenvalue weighted by Gasteiger charge is -2.34. The van der Waals surface area contributed by atoms with Crippen molar-refractivity contribution < 1.29 is 14.0 Å². The molecular weight excluding hydrogens is 439 g/mol. The van der Waals surface area contributed by atoms with Gasteiger partial charge >= 0.3 is 0 Å². The van der Waals surface area contributed by atoms with Gasteiger partial charge in [-0.15, -0.1) is 0 Å². The number of halogens is 2. The standard InChI is InChI=1S/C21H20BrFN4O2/c22-15-2-1-14-11-19(25-18(14)12-15)21(29)27-9-7-26(8-10-27)13-20(28)24-17-5-3-16(23)4-6-17/h1-6,11-12,25H,7-10,13H2,(H,24,28). The predicted octanol–water partition coefficient (Wildman–Crippen LogP) is 3.47. The number of carbonyl (C=O) groups excluding carboxylic acids is 2. The van der Waals surface area contributed by atoms with Crippen LogP contribution in [0.2, 0.25) is 0 Å². The number of carbonyl (C=O) groups is 2. The van der Waals surface area contributed by atoms with Gasteiger partial charge in [-0.3, -0.25) is 14.5 Å². The molecule has 0 saturated carbocycles. The SMILES string of the molecule is O=C(CN1CCN(C(=O)c2cc3ccc(Br)cc3[nH]2)CC1)Nc1ccc(F)cc1. The van der Waals surface area contributed by atoms with Crippen LogP contribution in [0.3, 0.4) is 0 Å². The van der Waals surface area contributed by atoms with Crippen LogP contribution in [-0.4, -0.2) is 59.3 Å². The van der Waals surface area contributed by atoms with E-state index in [9.17, 15) is 14.0 Å². The van der Waals surface area contributed by atoms with Gasteiger partial charge in [0.2, 0.25) is 5.91 Å². The summed E-state index contributed by atoms with van der Waals surface area (Å²) in [6.45, 7) is 2.59. The molecule has 0 bridgehead atoms. The third-order valence-electron chi connectivity index (χ3n) is 4.97. The van der Waals surface area contributed by atoms with E-state index in [1.165, 1.54) is 24.3 Å². The van der Waals surface area contributed by atoms with E-state index < -0.39 is 0 Å². The Balaban J connectivity index is 1.30. The van der Waals surface area contributed by atoms with E-state index in [-0.39, 0.29) is 24.2 Å². The van der Waals surface area contributed by atoms with E-state index in [4.69, 9.17) is 0 Å². The van der Waals surface area contributed by atoms with Gasteiger partial charge in [0.15, 0.2) is 0 Å². The Bertz CT molecular complexity index is 1040. The summed E-state index contributed by atoms with van der Waals surface area (Å²) in [7, 11) is 0. The van der Waals surface area contributed by atoms with Gasteiger partial charge in [-0.05, 0) is 42.5 Å². The van der Waals surface area contributed by atoms with Crippen LogP contribution < -0.4 is 5.32 Å². The highest BCUT2D eigenvalue weighted by atomic mass is 79.9. The molecule has 1 aliphatic rings. The summed E-state index contributed by atoms with van der Waals surface area (Å²) in [6.07, 6.45) is 0. The second-order valence-corrected chi connectivity index (χ2v) is 7.95. The summed E-state index contributed by atoms with van der Waals surface area (Å²) in [4.78, 5) is 32.0. The van der Waals surface area contributed by atoms with Gasteiger partial charge in [-0.1, -0.05) is 22.0 Å². The number of nitrogens with one attached hydrogen (secondary N) is 2. The molecule has 4 rings (SSSR count). The number of amides is 2. The first-order chi connectivity index (χ1) is 14.0. The van der Waals surface area contributed by atoms with Gasteiger partial charge in [0.05, 0.1) is 6.54 Å². The van der Waals surface area contributed by atoms with E-state index in [0.717, 1.165) is 15.4 Å². The third kappa shape index (κ3) is 4.65. The van der Waals surface area contributed by atoms with Gasteiger partial charge in [-0.2, -0.15) is 0 Å². The van der Waals surface area contributed by atoms with Crippen LogP contribution in [0.4, 0.5) is 10.1 Å². The maximum atomic E-state index is 12.9. The van der Waals surface area contributed by atoms with Gasteiger partial charge in [0.25, 0.3) is 5.91 Å². The second kappa shape index (κ2) is 8.34. The van der Waals surface area contributed by atoms with E-state index >= 15 is 0 Å². The van der Waals surface area contributed by atoms with Crippen LogP contribution in [0.25, 0.3) is 10.9 Å². The topological polar surface area (TPSA) is 68.4 Å². The molecule has 29 heavy (non-hydrogen) atoms. The fraction of sp³-hybridized carbons (Fsp3) is 0.238. The molecule has 150 valence electrons. The Morgan fingerprint density at radius 3 is 2.48 bits per heavy atom. The molecule has 0 radical (unpaired) electrons. The first-order valence-electron chi connectivity index (χ1n) is 9.33. The quantitative estimate of drug-likeness (QED) is 0.628. The Hall–Kier alpha value is -2.71. The third-order valence-corrected chi connectivity index (χ3v) is 5.46. The van der Waals surface area contributed by atoms with Crippen LogP contribution in [0.5, 0.6) is 0 Å². The maximum Gasteiger partial charge on any atom is 0.270 e. The molecule has 6 nitrogen and oxygen atoms in total. The first kappa shape index (κ1) is 19.6. The fourth-order valence-corrected chi connectivity index (χ4v) is 3.79. The number of nitrogens with zero attached hydrogens (tertiary/aromatic N) is 2. The summed E-state index contributed by atoms with van der Waals surface area (Å²) in [6, 6.07) is 13.4. The number of rotatable bonds is 4. The highest BCUT2D eigenvalue weighted by Gasteiger charge is 2.24. The minimum absolute atomic E-state index is 0.0345. The molecule has 0 unspecified atom stereocenters. The summed E-state index contributed by atoms with van der Waals surface area (Å²) >= 11 is 3.44. The van der Waals surface area contributed by atoms with Crippen molar-refractivity contribution in [3.05, 3.63) is 64.5 Å². The Labute approximate surface area is 175 Å². The van der Waals surface area contributed by atoms with E-state index in [1.54, 1.807) is 4.90 Å². The lowest BCUT2D eigenvalue weighted by atomic mass is 10.2. The molecule has 0 atom stereocenters. The van der Waals surface area contributed by atoms with E-state index in [0.29, 0.717) is 37.6 Å². The molecule has 0 spiro atoms. The number of hydrogen-bond acceptors (Lipinski definition) is 3. The zero-order valence-corrected chi connectivity index (χ0v) is 17.2. The fourth-order valence-electron chi connectivity index (χ4n) is 3.43. The van der Waals surface area contributed by atoms with Gasteiger partial charge in [0.1, 0.15) is 11.5 Å². The number of benzene rings is 2. The van der Waals surface area contributed by atoms with E-state index in [2.05, 4.69) is 26.2 Å². The van der Waals surface area contributed by atoms with E-state index in [1.807, 2.05) is 29.2 Å². The van der Waals surface area contributed by atoms with Crippen LogP contribution >= 0.6 is 15.9 Å². The first-order valence-corrected chi connectivity index (χ1v) is 10.1. The molecule has 3 aromatic rings. The molecule has 2 aromatic carbocycles. The highest BCUT2D eigenvalue weighted by molar-refractivity contribution is 9.10. The normalized spacial score (nSPS) is 14.9. The number of H-pyrrole nitrogens is 1. The second-order valence-electron chi connectivity index (χ2n) is 7.04. The van der Waals surface area contributed by atoms with Crippen molar-refractivity contribution in [3.63, 3.8) is 0 Å². The number of anilines is 1. The number of aromatic nitrogens is 1. The van der Waals surface area contributed by atoms with Crippen LogP contribution in [-0.2, 0) is 4.79 Å². The zero-order chi connectivity index (χ0) is 20.4. The Morgan fingerprint density at radius 1 is 1.03 bits per heavy atom. The van der Waals surface area contributed by atoms with Crippen molar-refractivity contribution in [2.75, 3.05) is 38.0 Å². The van der Waals surface area contributed by atoms with Crippen LogP contribution in [0.1, 0.15) is 10.5 Å². The van der Waals surface area contributed by atoms with Crippen LogP contribution in [0, 0.1) is 5.82 Å². The molecule has 2 heterocycles. The van der Waals surface area contributed by atoms with Crippen molar-refractivity contribution in [1.29, 1.82) is 0 Å². The molecule has 1 saturated heterocycles. The molecule has 0 aliphatic carbocycles. The average Bonchev–Trinajstić information content (AvgIpc) is 3.13. The van der Waals surface area contributed by atoms with Crippen LogP contribution in [0.15, 0.2) is 53.0 Å². The average molecular weight is 459 g/mol. The molecule has 2 amide bonds. The molecule has 1 aromatic heterocycles. The molecule has 8 heteroatoms. The number of fused-ring (bicyclic) bond motifs is 1. The summed E-state index contributed by atoms with van der Waals surface area (Å²) < 4.78 is 13.9. The van der Waals surface area contributed by atoms with Crippen molar-refractivity contribution in [2.45, 2.75) is 0 Å². The summed E-state index contributed by atoms with van der Waals surface area (Å²) in [5.41, 5.74) is 2.05. The van der Waals surface area contributed by atoms with Crippen molar-refractivity contribution in [2.24, 2.45) is 0 Å². The maximum absolute atomic E-state index is 12.9. The predicted molar refractivity (Wildman–Crippen MR) is 113 cm³/mol. The summed E-state index contributed by atoms with van der Waals surface area (Å²) in [5, 5.41) is 3.75. The zero-order valence-electron chi connectivity index (χ0n) is 15.6. The van der Waals surface area contributed by atoms with Gasteiger partial charge in [0, 0.05) is 47.2 Å². The molecule has 1 aliphatic heterocycles. The smallest absolute Gasteiger partial charge is 0.270 e. The summed E-state index contributed by atoms with van der Waals surface area (Å²) in [5.74, 6) is -0.531. The molecule has 1 fully saturated rings. The number of hydrogen-bond donors (Lipinski definition) is 2. The minimum Gasteiger partial charge on any atom is -0.350 e. The minimum atomic E-state index is -0.341. The highest BCUT2D eigenvalue weighted by Crippen LogP contribution is 2.21. The van der Waals surface area contributed by atoms with Gasteiger partial charge in [-0.25, -0.2) is 4.39 Å². The Morgan fingerprint density at radius 2 is 1.76 bits per heavy atom. The number of piperazine rings is 1. The number of aromatic amines is 1. The lowest BCUT2D eigenvalue weighted by molar-refractivity contribution is -0.117. The van der Waals surface area contributed by atoms with Gasteiger partial charge < -0.3 is 15.2 Å². The molecular formula is C21H20BrFN4O2. The van der Waals surface area contributed by atoms with Crippen molar-refractivity contribution in [1.82, 2.24) is 14.8 Å². The monoisotopic (exact) mass is 458 g/mol. The lowest BCUT2D eigenvalue weighted by Crippen LogP contribution is -2.50. The largest absolute Gasteiger partial charge is 0.350 e. The Kier molecular flexibility index (Phi) is 5.64. The van der Waals surface area contributed by atoms with Crippen molar-refractivity contribution >= 4 is 44.3 Å². The molecule has 2 N–H and O–H groups in total.